The Hall–Kier alpha value is -1.99. The van der Waals surface area contributed by atoms with E-state index in [0.29, 0.717) is 6.29 Å². The van der Waals surface area contributed by atoms with Crippen molar-refractivity contribution in [3.05, 3.63) is 35.1 Å². The molecule has 0 saturated carbocycles. The molecule has 122 valence electrons. The van der Waals surface area contributed by atoms with Gasteiger partial charge in [-0.05, 0) is 38.5 Å². The zero-order chi connectivity index (χ0) is 16.9. The molecule has 0 aliphatic heterocycles. The van der Waals surface area contributed by atoms with Crippen molar-refractivity contribution in [1.29, 1.82) is 0 Å². The lowest BCUT2D eigenvalue weighted by molar-refractivity contribution is 0.0128. The second-order valence-corrected chi connectivity index (χ2v) is 5.79. The summed E-state index contributed by atoms with van der Waals surface area (Å²) in [5.74, 6) is -0.793. The standard InChI is InChI=1S/C15H20FNO5/c1-15(2,3)22-14(21)17-7-12(19)13(20)9-4-5-10(8-18)11(16)6-9/h4-6,8,12-13,19-20H,7H2,1-3H3,(H,17,21). The Morgan fingerprint density at radius 2 is 2.05 bits per heavy atom. The molecule has 6 nitrogen and oxygen atoms in total. The first-order valence-corrected chi connectivity index (χ1v) is 6.71. The highest BCUT2D eigenvalue weighted by Crippen LogP contribution is 2.19. The van der Waals surface area contributed by atoms with Gasteiger partial charge in [0.05, 0.1) is 5.56 Å². The number of benzene rings is 1. The van der Waals surface area contributed by atoms with Gasteiger partial charge in [-0.15, -0.1) is 0 Å². The van der Waals surface area contributed by atoms with Crippen molar-refractivity contribution in [3.63, 3.8) is 0 Å². The van der Waals surface area contributed by atoms with Gasteiger partial charge in [0, 0.05) is 6.54 Å². The summed E-state index contributed by atoms with van der Waals surface area (Å²) in [4.78, 5) is 22.0. The van der Waals surface area contributed by atoms with E-state index >= 15 is 0 Å². The van der Waals surface area contributed by atoms with Gasteiger partial charge in [0.25, 0.3) is 0 Å². The number of amides is 1. The second-order valence-electron chi connectivity index (χ2n) is 5.79. The van der Waals surface area contributed by atoms with Crippen LogP contribution >= 0.6 is 0 Å². The van der Waals surface area contributed by atoms with Crippen LogP contribution in [0.25, 0.3) is 0 Å². The summed E-state index contributed by atoms with van der Waals surface area (Å²) in [6.45, 7) is 4.80. The molecule has 3 N–H and O–H groups in total. The number of halogens is 1. The number of ether oxygens (including phenoxy) is 1. The average Bonchev–Trinajstić information content (AvgIpc) is 2.42. The molecule has 0 saturated heterocycles. The molecule has 1 aromatic carbocycles. The Morgan fingerprint density at radius 3 is 2.55 bits per heavy atom. The van der Waals surface area contributed by atoms with Crippen molar-refractivity contribution < 1.29 is 28.9 Å². The SMILES string of the molecule is CC(C)(C)OC(=O)NCC(O)C(O)c1ccc(C=O)c(F)c1. The molecule has 1 amide bonds. The van der Waals surface area contributed by atoms with E-state index in [9.17, 15) is 24.2 Å². The zero-order valence-electron chi connectivity index (χ0n) is 12.7. The summed E-state index contributed by atoms with van der Waals surface area (Å²) in [5.41, 5.74) is -0.722. The topological polar surface area (TPSA) is 95.9 Å². The number of carbonyl (C=O) groups excluding carboxylic acids is 2. The van der Waals surface area contributed by atoms with Gasteiger partial charge < -0.3 is 20.3 Å². The highest BCUT2D eigenvalue weighted by molar-refractivity contribution is 5.75. The molecule has 7 heteroatoms. The number of nitrogens with one attached hydrogen (secondary N) is 1. The third-order valence-electron chi connectivity index (χ3n) is 2.71. The van der Waals surface area contributed by atoms with Gasteiger partial charge in [-0.25, -0.2) is 9.18 Å². The summed E-state index contributed by atoms with van der Waals surface area (Å²) >= 11 is 0. The summed E-state index contributed by atoms with van der Waals surface area (Å²) < 4.78 is 18.4. The van der Waals surface area contributed by atoms with Crippen LogP contribution in [0.5, 0.6) is 0 Å². The molecule has 22 heavy (non-hydrogen) atoms. The van der Waals surface area contributed by atoms with E-state index in [2.05, 4.69) is 5.32 Å². The Kier molecular flexibility index (Phi) is 6.01. The maximum Gasteiger partial charge on any atom is 0.407 e. The molecular weight excluding hydrogens is 293 g/mol. The van der Waals surface area contributed by atoms with Crippen molar-refractivity contribution in [2.75, 3.05) is 6.54 Å². The van der Waals surface area contributed by atoms with Crippen LogP contribution in [0.15, 0.2) is 18.2 Å². The van der Waals surface area contributed by atoms with Crippen LogP contribution in [0.2, 0.25) is 0 Å². The van der Waals surface area contributed by atoms with E-state index in [0.717, 1.165) is 6.07 Å². The predicted octanol–water partition coefficient (Wildman–Crippen LogP) is 1.56. The first-order valence-electron chi connectivity index (χ1n) is 6.71. The van der Waals surface area contributed by atoms with Gasteiger partial charge in [0.1, 0.15) is 23.6 Å². The van der Waals surface area contributed by atoms with Crippen molar-refractivity contribution in [2.45, 2.75) is 38.6 Å². The quantitative estimate of drug-likeness (QED) is 0.717. The maximum absolute atomic E-state index is 13.5. The fourth-order valence-electron chi connectivity index (χ4n) is 1.66. The smallest absolute Gasteiger partial charge is 0.407 e. The molecule has 0 heterocycles. The Morgan fingerprint density at radius 1 is 1.41 bits per heavy atom. The molecule has 0 aliphatic rings. The highest BCUT2D eigenvalue weighted by Gasteiger charge is 2.22. The Labute approximate surface area is 127 Å². The largest absolute Gasteiger partial charge is 0.444 e. The third-order valence-corrected chi connectivity index (χ3v) is 2.71. The van der Waals surface area contributed by atoms with Crippen LogP contribution in [-0.4, -0.2) is 40.8 Å². The molecule has 0 radical (unpaired) electrons. The average molecular weight is 313 g/mol. The number of aldehydes is 1. The third kappa shape index (κ3) is 5.42. The number of aliphatic hydroxyl groups excluding tert-OH is 2. The van der Waals surface area contributed by atoms with Crippen molar-refractivity contribution >= 4 is 12.4 Å². The predicted molar refractivity (Wildman–Crippen MR) is 77.0 cm³/mol. The summed E-state index contributed by atoms with van der Waals surface area (Å²) in [7, 11) is 0. The van der Waals surface area contributed by atoms with E-state index in [1.165, 1.54) is 12.1 Å². The summed E-state index contributed by atoms with van der Waals surface area (Å²) in [6, 6.07) is 3.49. The van der Waals surface area contributed by atoms with Gasteiger partial charge in [0.2, 0.25) is 0 Å². The van der Waals surface area contributed by atoms with E-state index < -0.39 is 29.7 Å². The number of hydrogen-bond acceptors (Lipinski definition) is 5. The molecule has 0 bridgehead atoms. The summed E-state index contributed by atoms with van der Waals surface area (Å²) in [5, 5.41) is 22.1. The van der Waals surface area contributed by atoms with Crippen LogP contribution < -0.4 is 5.32 Å². The van der Waals surface area contributed by atoms with Gasteiger partial charge in [-0.3, -0.25) is 4.79 Å². The van der Waals surface area contributed by atoms with E-state index in [1.807, 2.05) is 0 Å². The van der Waals surface area contributed by atoms with Crippen LogP contribution in [0.4, 0.5) is 9.18 Å². The Balaban J connectivity index is 2.62. The first kappa shape index (κ1) is 18.1. The zero-order valence-corrected chi connectivity index (χ0v) is 12.7. The molecule has 0 aromatic heterocycles. The summed E-state index contributed by atoms with van der Waals surface area (Å²) in [6.07, 6.45) is -3.15. The molecule has 0 aliphatic carbocycles. The van der Waals surface area contributed by atoms with Crippen molar-refractivity contribution in [2.24, 2.45) is 0 Å². The fraction of sp³-hybridized carbons (Fsp3) is 0.467. The second kappa shape index (κ2) is 7.33. The number of aliphatic hydroxyl groups is 2. The van der Waals surface area contributed by atoms with Crippen LogP contribution in [0, 0.1) is 5.82 Å². The van der Waals surface area contributed by atoms with Crippen LogP contribution in [0.1, 0.15) is 42.8 Å². The molecule has 0 spiro atoms. The van der Waals surface area contributed by atoms with Crippen molar-refractivity contribution in [3.8, 4) is 0 Å². The van der Waals surface area contributed by atoms with Crippen LogP contribution in [0.3, 0.4) is 0 Å². The number of alkyl carbamates (subject to hydrolysis) is 1. The van der Waals surface area contributed by atoms with Gasteiger partial charge in [-0.2, -0.15) is 0 Å². The number of hydrogen-bond donors (Lipinski definition) is 3. The van der Waals surface area contributed by atoms with E-state index in [-0.39, 0.29) is 17.7 Å². The van der Waals surface area contributed by atoms with Crippen molar-refractivity contribution in [1.82, 2.24) is 5.32 Å². The molecule has 1 rings (SSSR count). The van der Waals surface area contributed by atoms with Gasteiger partial charge in [-0.1, -0.05) is 6.07 Å². The minimum absolute atomic E-state index is 0.0987. The lowest BCUT2D eigenvalue weighted by Gasteiger charge is -2.22. The lowest BCUT2D eigenvalue weighted by Crippen LogP contribution is -2.38. The lowest BCUT2D eigenvalue weighted by atomic mass is 10.0. The molecule has 2 unspecified atom stereocenters. The van der Waals surface area contributed by atoms with E-state index in [1.54, 1.807) is 20.8 Å². The van der Waals surface area contributed by atoms with Crippen LogP contribution in [-0.2, 0) is 4.74 Å². The highest BCUT2D eigenvalue weighted by atomic mass is 19.1. The minimum atomic E-state index is -1.41. The normalized spacial score (nSPS) is 14.1. The monoisotopic (exact) mass is 313 g/mol. The van der Waals surface area contributed by atoms with Gasteiger partial charge >= 0.3 is 6.09 Å². The minimum Gasteiger partial charge on any atom is -0.444 e. The fourth-order valence-corrected chi connectivity index (χ4v) is 1.66. The molecular formula is C15H20FNO5. The van der Waals surface area contributed by atoms with Gasteiger partial charge in [0.15, 0.2) is 6.29 Å². The number of carbonyl (C=O) groups is 2. The first-order chi connectivity index (χ1) is 10.1. The maximum atomic E-state index is 13.5. The molecule has 2 atom stereocenters. The number of rotatable bonds is 5. The van der Waals surface area contributed by atoms with E-state index in [4.69, 9.17) is 4.74 Å². The molecule has 0 fully saturated rings. The molecule has 1 aromatic rings. The Bertz CT molecular complexity index is 541.